The number of carboxylic acids is 1. The third kappa shape index (κ3) is 3.93. The normalized spacial score (nSPS) is 22.1. The fourth-order valence-corrected chi connectivity index (χ4v) is 2.78. The van der Waals surface area contributed by atoms with E-state index in [0.29, 0.717) is 12.8 Å². The molecule has 0 aliphatic heterocycles. The van der Waals surface area contributed by atoms with E-state index in [0.717, 1.165) is 16.5 Å². The molecular weight excluding hydrogens is 322 g/mol. The molecule has 106 valence electrons. The zero-order valence-electron chi connectivity index (χ0n) is 10.9. The van der Waals surface area contributed by atoms with Crippen molar-refractivity contribution in [2.24, 2.45) is 5.92 Å². The van der Waals surface area contributed by atoms with Crippen LogP contribution in [0.3, 0.4) is 0 Å². The van der Waals surface area contributed by atoms with Crippen molar-refractivity contribution < 1.29 is 14.7 Å². The Labute approximate surface area is 126 Å². The van der Waals surface area contributed by atoms with Crippen LogP contribution in [0, 0.1) is 5.92 Å². The van der Waals surface area contributed by atoms with Gasteiger partial charge in [0.05, 0.1) is 5.92 Å². The van der Waals surface area contributed by atoms with E-state index in [4.69, 9.17) is 5.11 Å². The number of carbonyl (C=O) groups excluding carboxylic acids is 1. The van der Waals surface area contributed by atoms with E-state index in [2.05, 4.69) is 21.2 Å². The number of halogens is 1. The molecule has 0 heterocycles. The minimum absolute atomic E-state index is 0.0348. The summed E-state index contributed by atoms with van der Waals surface area (Å²) in [6, 6.07) is 7.59. The lowest BCUT2D eigenvalue weighted by atomic mass is 10.1. The van der Waals surface area contributed by atoms with Crippen LogP contribution in [0.5, 0.6) is 0 Å². The average molecular weight is 338 g/mol. The Morgan fingerprint density at radius 1 is 1.30 bits per heavy atom. The first kappa shape index (κ1) is 14.8. The second kappa shape index (κ2) is 6.70. The number of hydrogen-bond donors (Lipinski definition) is 2. The number of benzene rings is 1. The molecule has 5 heteroatoms. The Morgan fingerprint density at radius 2 is 2.05 bits per heavy atom. The minimum atomic E-state index is -0.773. The zero-order valence-corrected chi connectivity index (χ0v) is 12.5. The first-order chi connectivity index (χ1) is 9.56. The largest absolute Gasteiger partial charge is 0.481 e. The van der Waals surface area contributed by atoms with E-state index < -0.39 is 5.97 Å². The predicted octanol–water partition coefficient (Wildman–Crippen LogP) is 2.83. The molecule has 1 aromatic rings. The van der Waals surface area contributed by atoms with Crippen LogP contribution in [0.2, 0.25) is 0 Å². The maximum absolute atomic E-state index is 11.8. The number of rotatable bonds is 4. The fraction of sp³-hybridized carbons (Fsp3) is 0.333. The molecule has 0 aromatic heterocycles. The molecule has 20 heavy (non-hydrogen) atoms. The van der Waals surface area contributed by atoms with Crippen molar-refractivity contribution in [1.29, 1.82) is 0 Å². The number of amides is 1. The summed E-state index contributed by atoms with van der Waals surface area (Å²) in [4.78, 5) is 22.6. The van der Waals surface area contributed by atoms with Crippen molar-refractivity contribution in [3.05, 3.63) is 40.4 Å². The molecule has 1 amide bonds. The summed E-state index contributed by atoms with van der Waals surface area (Å²) in [7, 11) is 0. The van der Waals surface area contributed by atoms with Crippen molar-refractivity contribution in [3.8, 4) is 0 Å². The Hall–Kier alpha value is -1.62. The summed E-state index contributed by atoms with van der Waals surface area (Å²) in [5.41, 5.74) is 0.928. The van der Waals surface area contributed by atoms with E-state index in [9.17, 15) is 9.59 Å². The molecule has 0 unspecified atom stereocenters. The molecule has 1 aromatic carbocycles. The molecule has 0 spiro atoms. The summed E-state index contributed by atoms with van der Waals surface area (Å²) in [5.74, 6) is -1.28. The number of nitrogens with one attached hydrogen (secondary N) is 1. The van der Waals surface area contributed by atoms with E-state index in [1.165, 1.54) is 6.08 Å². The Bertz CT molecular complexity index is 542. The van der Waals surface area contributed by atoms with Crippen LogP contribution in [-0.2, 0) is 9.59 Å². The molecule has 1 fully saturated rings. The summed E-state index contributed by atoms with van der Waals surface area (Å²) >= 11 is 3.41. The maximum Gasteiger partial charge on any atom is 0.306 e. The number of carbonyl (C=O) groups is 2. The first-order valence-electron chi connectivity index (χ1n) is 6.52. The average Bonchev–Trinajstić information content (AvgIpc) is 2.86. The zero-order chi connectivity index (χ0) is 14.5. The van der Waals surface area contributed by atoms with Gasteiger partial charge in [0.25, 0.3) is 0 Å². The lowest BCUT2D eigenvalue weighted by molar-refractivity contribution is -0.141. The van der Waals surface area contributed by atoms with Gasteiger partial charge in [0.15, 0.2) is 0 Å². The molecular formula is C15H16BrNO3. The second-order valence-electron chi connectivity index (χ2n) is 4.91. The van der Waals surface area contributed by atoms with Crippen molar-refractivity contribution in [2.75, 3.05) is 0 Å². The number of aliphatic carboxylic acids is 1. The molecule has 1 aliphatic rings. The number of hydrogen-bond acceptors (Lipinski definition) is 2. The molecule has 2 N–H and O–H groups in total. The molecule has 1 saturated carbocycles. The van der Waals surface area contributed by atoms with Crippen LogP contribution in [-0.4, -0.2) is 23.0 Å². The van der Waals surface area contributed by atoms with Crippen LogP contribution in [0.4, 0.5) is 0 Å². The van der Waals surface area contributed by atoms with E-state index in [1.807, 2.05) is 24.3 Å². The smallest absolute Gasteiger partial charge is 0.306 e. The van der Waals surface area contributed by atoms with Crippen LogP contribution in [0.1, 0.15) is 24.8 Å². The molecule has 0 saturated heterocycles. The summed E-state index contributed by atoms with van der Waals surface area (Å²) < 4.78 is 0.927. The van der Waals surface area contributed by atoms with Gasteiger partial charge in [-0.3, -0.25) is 9.59 Å². The highest BCUT2D eigenvalue weighted by Crippen LogP contribution is 2.25. The Kier molecular flexibility index (Phi) is 4.95. The molecule has 4 nitrogen and oxygen atoms in total. The fourth-order valence-electron chi connectivity index (χ4n) is 2.36. The van der Waals surface area contributed by atoms with Gasteiger partial charge >= 0.3 is 5.97 Å². The number of carboxylic acid groups (broad SMARTS) is 1. The summed E-state index contributed by atoms with van der Waals surface area (Å²) in [6.45, 7) is 0. The van der Waals surface area contributed by atoms with Crippen LogP contribution in [0.15, 0.2) is 34.8 Å². The van der Waals surface area contributed by atoms with E-state index in [-0.39, 0.29) is 17.9 Å². The molecule has 0 radical (unpaired) electrons. The highest BCUT2D eigenvalue weighted by molar-refractivity contribution is 9.10. The maximum atomic E-state index is 11.8. The molecule has 0 bridgehead atoms. The summed E-state index contributed by atoms with van der Waals surface area (Å²) in [6.07, 6.45) is 5.10. The predicted molar refractivity (Wildman–Crippen MR) is 80.1 cm³/mol. The van der Waals surface area contributed by atoms with Crippen molar-refractivity contribution in [3.63, 3.8) is 0 Å². The third-order valence-corrected chi connectivity index (χ3v) is 4.17. The molecule has 2 rings (SSSR count). The molecule has 2 atom stereocenters. The van der Waals surface area contributed by atoms with Crippen molar-refractivity contribution in [2.45, 2.75) is 25.3 Å². The molecule has 1 aliphatic carbocycles. The van der Waals surface area contributed by atoms with E-state index >= 15 is 0 Å². The Morgan fingerprint density at radius 3 is 2.70 bits per heavy atom. The van der Waals surface area contributed by atoms with Gasteiger partial charge in [0, 0.05) is 16.6 Å². The van der Waals surface area contributed by atoms with Gasteiger partial charge in [0.2, 0.25) is 5.91 Å². The standard InChI is InChI=1S/C15H16BrNO3/c16-13-4-2-1-3-10(13)6-8-14(18)17-12-7-5-11(9-12)15(19)20/h1-4,6,8,11-12H,5,7,9H2,(H,17,18)(H,19,20)/b8-6+/t11-,12+/m1/s1. The highest BCUT2D eigenvalue weighted by atomic mass is 79.9. The summed E-state index contributed by atoms with van der Waals surface area (Å²) in [5, 5.41) is 11.8. The first-order valence-corrected chi connectivity index (χ1v) is 7.31. The monoisotopic (exact) mass is 337 g/mol. The van der Waals surface area contributed by atoms with Gasteiger partial charge in [0.1, 0.15) is 0 Å². The highest BCUT2D eigenvalue weighted by Gasteiger charge is 2.30. The van der Waals surface area contributed by atoms with Crippen LogP contribution in [0.25, 0.3) is 6.08 Å². The minimum Gasteiger partial charge on any atom is -0.481 e. The van der Waals surface area contributed by atoms with Gasteiger partial charge in [-0.15, -0.1) is 0 Å². The second-order valence-corrected chi connectivity index (χ2v) is 5.76. The van der Waals surface area contributed by atoms with Crippen molar-refractivity contribution >= 4 is 33.9 Å². The van der Waals surface area contributed by atoms with Crippen molar-refractivity contribution in [1.82, 2.24) is 5.32 Å². The van der Waals surface area contributed by atoms with Crippen LogP contribution < -0.4 is 5.32 Å². The van der Waals surface area contributed by atoms with Gasteiger partial charge in [-0.1, -0.05) is 34.1 Å². The quantitative estimate of drug-likeness (QED) is 0.830. The van der Waals surface area contributed by atoms with Gasteiger partial charge in [-0.2, -0.15) is 0 Å². The lowest BCUT2D eigenvalue weighted by Crippen LogP contribution is -2.31. The SMILES string of the molecule is O=C(/C=C/c1ccccc1Br)N[C@H]1CC[C@@H](C(=O)O)C1. The topological polar surface area (TPSA) is 66.4 Å². The lowest BCUT2D eigenvalue weighted by Gasteiger charge is -2.10. The van der Waals surface area contributed by atoms with E-state index in [1.54, 1.807) is 6.08 Å². The van der Waals surface area contributed by atoms with Gasteiger partial charge in [-0.05, 0) is 37.0 Å². The Balaban J connectivity index is 1.87. The van der Waals surface area contributed by atoms with Gasteiger partial charge in [-0.25, -0.2) is 0 Å². The van der Waals surface area contributed by atoms with Crippen LogP contribution >= 0.6 is 15.9 Å². The van der Waals surface area contributed by atoms with Gasteiger partial charge < -0.3 is 10.4 Å². The third-order valence-electron chi connectivity index (χ3n) is 3.45.